The van der Waals surface area contributed by atoms with E-state index in [0.717, 1.165) is 11.0 Å². The van der Waals surface area contributed by atoms with E-state index in [2.05, 4.69) is 5.10 Å². The number of amides is 3. The Kier molecular flexibility index (Phi) is 8.49. The summed E-state index contributed by atoms with van der Waals surface area (Å²) >= 11 is 6.51. The topological polar surface area (TPSA) is 84.7 Å². The molecule has 0 bridgehead atoms. The predicted octanol–water partition coefficient (Wildman–Crippen LogP) is 7.45. The average molecular weight is 653 g/mol. The molecule has 3 amide bonds. The Labute approximate surface area is 259 Å². The molecule has 1 aromatic heterocycles. The van der Waals surface area contributed by atoms with Crippen molar-refractivity contribution in [3.63, 3.8) is 0 Å². The molecule has 2 aliphatic heterocycles. The first kappa shape index (κ1) is 31.8. The molecule has 5 rings (SSSR count). The van der Waals surface area contributed by atoms with Gasteiger partial charge in [-0.25, -0.2) is 9.18 Å². The molecule has 14 heteroatoms. The Bertz CT molecular complexity index is 1680. The van der Waals surface area contributed by atoms with Gasteiger partial charge in [0.15, 0.2) is 0 Å². The van der Waals surface area contributed by atoms with Gasteiger partial charge < -0.3 is 9.64 Å². The average Bonchev–Trinajstić information content (AvgIpc) is 3.37. The van der Waals surface area contributed by atoms with Crippen molar-refractivity contribution < 1.29 is 36.7 Å². The standard InChI is InChI=1S/C30H29ClF4N4O4S/c1-16-20-11-17(5-8-23(20)38(36-16)14-18-6-7-19(31)13-21(18)30(33,34)35)12-25-26(40)39(28(42)44-25)24-9-10-37(15-22(24)32)27(41)43-29(2,3)4/h5-8,11-13,22,24H,9-10,14-15H2,1-4H3/t22-,24-/m1/s1. The molecule has 44 heavy (non-hydrogen) atoms. The third-order valence-electron chi connectivity index (χ3n) is 7.27. The van der Waals surface area contributed by atoms with E-state index < -0.39 is 46.8 Å². The molecule has 2 saturated heterocycles. The van der Waals surface area contributed by atoms with E-state index in [-0.39, 0.29) is 41.5 Å². The molecular formula is C30H29ClF4N4O4S. The van der Waals surface area contributed by atoms with Gasteiger partial charge in [-0.15, -0.1) is 0 Å². The lowest BCUT2D eigenvalue weighted by Gasteiger charge is -2.38. The van der Waals surface area contributed by atoms with E-state index in [4.69, 9.17) is 16.3 Å². The van der Waals surface area contributed by atoms with Gasteiger partial charge in [0.2, 0.25) is 0 Å². The lowest BCUT2D eigenvalue weighted by molar-refractivity contribution is -0.138. The van der Waals surface area contributed by atoms with E-state index in [0.29, 0.717) is 33.9 Å². The zero-order valence-electron chi connectivity index (χ0n) is 24.2. The number of likely N-dealkylation sites (tertiary alicyclic amines) is 1. The number of fused-ring (bicyclic) bond motifs is 1. The van der Waals surface area contributed by atoms with Gasteiger partial charge in [-0.3, -0.25) is 19.2 Å². The van der Waals surface area contributed by atoms with E-state index in [1.807, 2.05) is 0 Å². The van der Waals surface area contributed by atoms with Crippen molar-refractivity contribution in [2.24, 2.45) is 0 Å². The van der Waals surface area contributed by atoms with Gasteiger partial charge in [-0.1, -0.05) is 23.7 Å². The van der Waals surface area contributed by atoms with Crippen molar-refractivity contribution in [2.75, 3.05) is 13.1 Å². The van der Waals surface area contributed by atoms with Crippen molar-refractivity contribution in [3.8, 4) is 0 Å². The number of aryl methyl sites for hydroxylation is 1. The second-order valence-electron chi connectivity index (χ2n) is 11.7. The van der Waals surface area contributed by atoms with E-state index in [9.17, 15) is 27.6 Å². The number of halogens is 5. The highest BCUT2D eigenvalue weighted by Crippen LogP contribution is 2.38. The van der Waals surface area contributed by atoms with Crippen LogP contribution in [-0.4, -0.2) is 67.7 Å². The number of carbonyl (C=O) groups is 3. The van der Waals surface area contributed by atoms with E-state index >= 15 is 4.39 Å². The number of benzene rings is 2. The number of nitrogens with zero attached hydrogens (tertiary/aromatic N) is 4. The van der Waals surface area contributed by atoms with Crippen LogP contribution in [0.5, 0.6) is 0 Å². The number of ether oxygens (including phenoxy) is 1. The van der Waals surface area contributed by atoms with Gasteiger partial charge in [-0.05, 0) is 87.3 Å². The maximum atomic E-state index is 15.2. The number of hydrogen-bond acceptors (Lipinski definition) is 6. The predicted molar refractivity (Wildman–Crippen MR) is 159 cm³/mol. The Morgan fingerprint density at radius 3 is 2.55 bits per heavy atom. The van der Waals surface area contributed by atoms with Crippen molar-refractivity contribution in [3.05, 3.63) is 68.7 Å². The monoisotopic (exact) mass is 652 g/mol. The normalized spacial score (nSPS) is 20.7. The molecule has 234 valence electrons. The lowest BCUT2D eigenvalue weighted by atomic mass is 10.0. The van der Waals surface area contributed by atoms with Gasteiger partial charge >= 0.3 is 12.3 Å². The van der Waals surface area contributed by atoms with Crippen LogP contribution < -0.4 is 0 Å². The lowest BCUT2D eigenvalue weighted by Crippen LogP contribution is -2.55. The highest BCUT2D eigenvalue weighted by molar-refractivity contribution is 8.18. The number of rotatable bonds is 4. The van der Waals surface area contributed by atoms with Crippen LogP contribution in [0.15, 0.2) is 41.3 Å². The number of hydrogen-bond donors (Lipinski definition) is 0. The van der Waals surface area contributed by atoms with Gasteiger partial charge in [0.1, 0.15) is 11.8 Å². The molecule has 0 saturated carbocycles. The Morgan fingerprint density at radius 1 is 1.16 bits per heavy atom. The summed E-state index contributed by atoms with van der Waals surface area (Å²) in [6.07, 6.45) is -5.31. The largest absolute Gasteiger partial charge is 0.444 e. The molecule has 0 aliphatic carbocycles. The van der Waals surface area contributed by atoms with E-state index in [1.54, 1.807) is 45.9 Å². The molecule has 0 radical (unpaired) electrons. The first-order chi connectivity index (χ1) is 20.5. The third kappa shape index (κ3) is 6.58. The minimum Gasteiger partial charge on any atom is -0.444 e. The SMILES string of the molecule is Cc1nn(Cc2ccc(Cl)cc2C(F)(F)F)c2ccc(C=C3SC(=O)N([C@@H]4CCN(C(=O)OC(C)(C)C)C[C@H]4F)C3=O)cc12. The van der Waals surface area contributed by atoms with Crippen molar-refractivity contribution >= 4 is 57.6 Å². The summed E-state index contributed by atoms with van der Waals surface area (Å²) in [4.78, 5) is 40.7. The molecule has 0 N–H and O–H groups in total. The molecule has 3 aromatic rings. The van der Waals surface area contributed by atoms with Gasteiger partial charge in [0.25, 0.3) is 11.1 Å². The summed E-state index contributed by atoms with van der Waals surface area (Å²) in [5, 5.41) is 4.46. The van der Waals surface area contributed by atoms with Gasteiger partial charge in [0.05, 0.1) is 40.8 Å². The molecule has 2 aromatic carbocycles. The second kappa shape index (κ2) is 11.7. The zero-order chi connectivity index (χ0) is 32.1. The fourth-order valence-corrected chi connectivity index (χ4v) is 6.33. The maximum Gasteiger partial charge on any atom is 0.416 e. The molecule has 2 aliphatic rings. The Balaban J connectivity index is 1.34. The molecule has 3 heterocycles. The highest BCUT2D eigenvalue weighted by Gasteiger charge is 2.46. The fourth-order valence-electron chi connectivity index (χ4n) is 5.27. The summed E-state index contributed by atoms with van der Waals surface area (Å²) in [5.74, 6) is -0.631. The number of imide groups is 1. The number of aromatic nitrogens is 2. The van der Waals surface area contributed by atoms with Crippen LogP contribution in [0.25, 0.3) is 17.0 Å². The second-order valence-corrected chi connectivity index (χ2v) is 13.1. The van der Waals surface area contributed by atoms with Crippen LogP contribution in [0.1, 0.15) is 49.6 Å². The number of thioether (sulfide) groups is 1. The first-order valence-electron chi connectivity index (χ1n) is 13.7. The minimum absolute atomic E-state index is 0.00662. The summed E-state index contributed by atoms with van der Waals surface area (Å²) < 4.78 is 62.9. The molecule has 2 fully saturated rings. The zero-order valence-corrected chi connectivity index (χ0v) is 25.8. The van der Waals surface area contributed by atoms with Gasteiger partial charge in [0, 0.05) is 17.0 Å². The van der Waals surface area contributed by atoms with Crippen LogP contribution in [0.2, 0.25) is 5.02 Å². The fraction of sp³-hybridized carbons (Fsp3) is 0.400. The summed E-state index contributed by atoms with van der Waals surface area (Å²) in [6, 6.07) is 7.65. The Morgan fingerprint density at radius 2 is 1.89 bits per heavy atom. The van der Waals surface area contributed by atoms with Crippen molar-refractivity contribution in [2.45, 2.75) is 64.7 Å². The quantitative estimate of drug-likeness (QED) is 0.215. The molecule has 0 unspecified atom stereocenters. The number of carbonyl (C=O) groups excluding carboxylic acids is 3. The smallest absolute Gasteiger partial charge is 0.416 e. The van der Waals surface area contributed by atoms with Gasteiger partial charge in [-0.2, -0.15) is 18.3 Å². The van der Waals surface area contributed by atoms with Crippen LogP contribution in [0.4, 0.5) is 27.2 Å². The molecule has 2 atom stereocenters. The summed E-state index contributed by atoms with van der Waals surface area (Å²) in [7, 11) is 0. The van der Waals surface area contributed by atoms with Crippen LogP contribution >= 0.6 is 23.4 Å². The highest BCUT2D eigenvalue weighted by atomic mass is 35.5. The third-order valence-corrected chi connectivity index (χ3v) is 8.39. The molecular weight excluding hydrogens is 624 g/mol. The van der Waals surface area contributed by atoms with Crippen LogP contribution in [0, 0.1) is 6.92 Å². The maximum absolute atomic E-state index is 15.2. The number of alkyl halides is 4. The van der Waals surface area contributed by atoms with E-state index in [1.165, 1.54) is 27.8 Å². The molecule has 8 nitrogen and oxygen atoms in total. The van der Waals surface area contributed by atoms with Crippen LogP contribution in [0.3, 0.4) is 0 Å². The number of piperidine rings is 1. The summed E-state index contributed by atoms with van der Waals surface area (Å²) in [5.41, 5.74) is 0.113. The Hall–Kier alpha value is -3.58. The molecule has 0 spiro atoms. The van der Waals surface area contributed by atoms with Crippen molar-refractivity contribution in [1.82, 2.24) is 19.6 Å². The summed E-state index contributed by atoms with van der Waals surface area (Å²) in [6.45, 7) is 6.51. The first-order valence-corrected chi connectivity index (χ1v) is 14.9. The van der Waals surface area contributed by atoms with Crippen molar-refractivity contribution in [1.29, 1.82) is 0 Å². The minimum atomic E-state index is -4.59. The van der Waals surface area contributed by atoms with Crippen LogP contribution in [-0.2, 0) is 22.3 Å².